The smallest absolute Gasteiger partial charge is 0.489 e. The number of rotatable bonds is 6. The predicted molar refractivity (Wildman–Crippen MR) is 104 cm³/mol. The zero-order chi connectivity index (χ0) is 21.8. The third-order valence-corrected chi connectivity index (χ3v) is 5.46. The minimum absolute atomic E-state index is 0.125. The highest BCUT2D eigenvalue weighted by Crippen LogP contribution is 2.38. The second-order valence-corrected chi connectivity index (χ2v) is 7.64. The molecule has 7 atom stereocenters. The molecule has 31 heavy (non-hydrogen) atoms. The van der Waals surface area contributed by atoms with E-state index < -0.39 is 51.2 Å². The van der Waals surface area contributed by atoms with Gasteiger partial charge in [0.1, 0.15) is 12.2 Å². The summed E-state index contributed by atoms with van der Waals surface area (Å²) in [5.74, 6) is -0.651. The van der Waals surface area contributed by atoms with E-state index in [1.807, 2.05) is 30.3 Å². The van der Waals surface area contributed by atoms with Gasteiger partial charge in [-0.2, -0.15) is 0 Å². The molecular formula is C21H21O9P. The minimum atomic E-state index is -3.28. The Morgan fingerprint density at radius 2 is 1.71 bits per heavy atom. The Labute approximate surface area is 179 Å². The van der Waals surface area contributed by atoms with Gasteiger partial charge in [0.05, 0.1) is 12.2 Å². The first kappa shape index (κ1) is 22.0. The summed E-state index contributed by atoms with van der Waals surface area (Å²) < 4.78 is 45.0. The van der Waals surface area contributed by atoms with Gasteiger partial charge in [-0.15, -0.1) is 4.52 Å². The molecule has 0 saturated carbocycles. The highest BCUT2D eigenvalue weighted by Gasteiger charge is 2.55. The fourth-order valence-electron chi connectivity index (χ4n) is 3.63. The second-order valence-electron chi connectivity index (χ2n) is 6.98. The fourth-order valence-corrected chi connectivity index (χ4v) is 4.05. The molecule has 2 aromatic carbocycles. The lowest BCUT2D eigenvalue weighted by atomic mass is 9.97. The van der Waals surface area contributed by atoms with Crippen LogP contribution in [0.2, 0.25) is 0 Å². The molecule has 4 rings (SSSR count). The standard InChI is InChI=1S/C21H21O9P/c1-25-21-18(30-31(23)24)17(28-19(22)13-8-4-2-5-9-13)16-15(27-21)12-26-20(29-16)14-10-6-3-7-11-14/h2-11,15-18,20-21H,12H2,1H3/t15-,16+,17+,18-,20?,21-/m1/s1. The molecule has 2 saturated heterocycles. The molecule has 2 aromatic rings. The van der Waals surface area contributed by atoms with Crippen molar-refractivity contribution in [3.05, 3.63) is 71.8 Å². The maximum absolute atomic E-state index is 12.8. The highest BCUT2D eigenvalue weighted by atomic mass is 31.1. The monoisotopic (exact) mass is 448 g/mol. The van der Waals surface area contributed by atoms with Gasteiger partial charge in [-0.3, -0.25) is 0 Å². The van der Waals surface area contributed by atoms with Crippen molar-refractivity contribution in [3.63, 3.8) is 0 Å². The van der Waals surface area contributed by atoms with Gasteiger partial charge in [0.25, 0.3) is 0 Å². The van der Waals surface area contributed by atoms with Crippen molar-refractivity contribution in [1.82, 2.24) is 0 Å². The third kappa shape index (κ3) is 4.99. The van der Waals surface area contributed by atoms with Crippen LogP contribution in [0.15, 0.2) is 60.7 Å². The zero-order valence-corrected chi connectivity index (χ0v) is 17.5. The first-order chi connectivity index (χ1) is 15.1. The average Bonchev–Trinajstić information content (AvgIpc) is 2.80. The first-order valence-electron chi connectivity index (χ1n) is 9.64. The quantitative estimate of drug-likeness (QED) is 0.484. The van der Waals surface area contributed by atoms with Crippen molar-refractivity contribution < 1.29 is 42.5 Å². The third-order valence-electron chi connectivity index (χ3n) is 5.05. The Bertz CT molecular complexity index is 894. The maximum atomic E-state index is 12.8. The molecule has 2 heterocycles. The van der Waals surface area contributed by atoms with Crippen LogP contribution < -0.4 is 4.89 Å². The Hall–Kier alpha value is -2.23. The van der Waals surface area contributed by atoms with E-state index in [9.17, 15) is 14.3 Å². The molecule has 2 unspecified atom stereocenters. The molecule has 0 N–H and O–H groups in total. The van der Waals surface area contributed by atoms with E-state index in [1.54, 1.807) is 30.3 Å². The molecule has 9 nitrogen and oxygen atoms in total. The number of hydrogen-bond donors (Lipinski definition) is 0. The van der Waals surface area contributed by atoms with Crippen molar-refractivity contribution in [2.75, 3.05) is 13.7 Å². The number of ether oxygens (including phenoxy) is 5. The van der Waals surface area contributed by atoms with E-state index >= 15 is 0 Å². The van der Waals surface area contributed by atoms with Crippen LogP contribution in [0.4, 0.5) is 0 Å². The first-order valence-corrected chi connectivity index (χ1v) is 10.7. The van der Waals surface area contributed by atoms with Gasteiger partial charge in [0.2, 0.25) is 6.10 Å². The number of fused-ring (bicyclic) bond motifs is 1. The SMILES string of the molecule is CO[C@@H]1O[C@@H]2COC(c3ccccc3)O[C@@H]2[C@H](OC(=O)c2ccccc2)[C@H]1O[P+](=O)[O-]. The number of methoxy groups -OCH3 is 1. The Morgan fingerprint density at radius 1 is 1.03 bits per heavy atom. The van der Waals surface area contributed by atoms with Crippen molar-refractivity contribution in [2.45, 2.75) is 37.0 Å². The maximum Gasteiger partial charge on any atom is 0.489 e. The molecule has 0 aliphatic carbocycles. The highest BCUT2D eigenvalue weighted by molar-refractivity contribution is 7.30. The molecule has 10 heteroatoms. The molecule has 0 bridgehead atoms. The van der Waals surface area contributed by atoms with Gasteiger partial charge in [-0.05, 0) is 16.7 Å². The number of hydrogen-bond acceptors (Lipinski definition) is 9. The molecule has 0 aromatic heterocycles. The van der Waals surface area contributed by atoms with Crippen molar-refractivity contribution in [1.29, 1.82) is 0 Å². The van der Waals surface area contributed by atoms with Crippen LogP contribution in [0, 0.1) is 0 Å². The molecule has 2 aliphatic heterocycles. The number of esters is 1. The number of benzene rings is 2. The molecule has 0 spiro atoms. The van der Waals surface area contributed by atoms with Gasteiger partial charge in [0.15, 0.2) is 18.7 Å². The van der Waals surface area contributed by atoms with E-state index in [2.05, 4.69) is 0 Å². The van der Waals surface area contributed by atoms with E-state index in [1.165, 1.54) is 7.11 Å². The van der Waals surface area contributed by atoms with Crippen molar-refractivity contribution in [3.8, 4) is 0 Å². The fraction of sp³-hybridized carbons (Fsp3) is 0.381. The Balaban J connectivity index is 1.63. The van der Waals surface area contributed by atoms with E-state index in [0.717, 1.165) is 5.56 Å². The summed E-state index contributed by atoms with van der Waals surface area (Å²) in [7, 11) is -1.94. The van der Waals surface area contributed by atoms with E-state index in [0.29, 0.717) is 5.56 Å². The number of carbonyl (C=O) groups excluding carboxylic acids is 1. The van der Waals surface area contributed by atoms with Crippen LogP contribution in [-0.2, 0) is 32.8 Å². The van der Waals surface area contributed by atoms with Crippen molar-refractivity contribution in [2.24, 2.45) is 0 Å². The Kier molecular flexibility index (Phi) is 7.04. The topological polar surface area (TPSA) is 113 Å². The van der Waals surface area contributed by atoms with E-state index in [-0.39, 0.29) is 6.61 Å². The minimum Gasteiger partial charge on any atom is -0.566 e. The van der Waals surface area contributed by atoms with Crippen LogP contribution in [0.5, 0.6) is 0 Å². The van der Waals surface area contributed by atoms with Gasteiger partial charge in [0, 0.05) is 12.7 Å². The lowest BCUT2D eigenvalue weighted by Crippen LogP contribution is -2.63. The van der Waals surface area contributed by atoms with Gasteiger partial charge < -0.3 is 28.6 Å². The van der Waals surface area contributed by atoms with E-state index in [4.69, 9.17) is 28.2 Å². The molecule has 2 aliphatic rings. The summed E-state index contributed by atoms with van der Waals surface area (Å²) in [6.45, 7) is 0.125. The lowest BCUT2D eigenvalue weighted by Gasteiger charge is -2.46. The Morgan fingerprint density at radius 3 is 2.35 bits per heavy atom. The average molecular weight is 448 g/mol. The summed E-state index contributed by atoms with van der Waals surface area (Å²) >= 11 is 0. The van der Waals surface area contributed by atoms with Crippen LogP contribution in [0.25, 0.3) is 0 Å². The molecule has 0 radical (unpaired) electrons. The van der Waals surface area contributed by atoms with Crippen LogP contribution in [0.1, 0.15) is 22.2 Å². The van der Waals surface area contributed by atoms with Gasteiger partial charge in [-0.1, -0.05) is 48.5 Å². The zero-order valence-electron chi connectivity index (χ0n) is 16.6. The summed E-state index contributed by atoms with van der Waals surface area (Å²) in [6.07, 6.45) is -5.75. The summed E-state index contributed by atoms with van der Waals surface area (Å²) in [6, 6.07) is 17.5. The summed E-state index contributed by atoms with van der Waals surface area (Å²) in [5.41, 5.74) is 1.06. The molecule has 0 amide bonds. The molecule has 164 valence electrons. The summed E-state index contributed by atoms with van der Waals surface area (Å²) in [4.78, 5) is 24.1. The lowest BCUT2D eigenvalue weighted by molar-refractivity contribution is -0.356. The van der Waals surface area contributed by atoms with Crippen LogP contribution >= 0.6 is 8.25 Å². The van der Waals surface area contributed by atoms with Gasteiger partial charge in [-0.25, -0.2) is 4.79 Å². The number of carbonyl (C=O) groups is 1. The van der Waals surface area contributed by atoms with Gasteiger partial charge >= 0.3 is 14.2 Å². The predicted octanol–water partition coefficient (Wildman–Crippen LogP) is 2.10. The molecular weight excluding hydrogens is 427 g/mol. The van der Waals surface area contributed by atoms with Crippen LogP contribution in [0.3, 0.4) is 0 Å². The summed E-state index contributed by atoms with van der Waals surface area (Å²) in [5, 5.41) is 0. The molecule has 2 fully saturated rings. The normalized spacial score (nSPS) is 30.8. The second kappa shape index (κ2) is 9.93. The van der Waals surface area contributed by atoms with Crippen molar-refractivity contribution >= 4 is 14.2 Å². The van der Waals surface area contributed by atoms with Crippen LogP contribution in [-0.4, -0.2) is 50.4 Å². The largest absolute Gasteiger partial charge is 0.566 e.